The Hall–Kier alpha value is 0.01000. The maximum Gasteiger partial charge on any atom is 0.0311 e. The zero-order valence-electron chi connectivity index (χ0n) is 8.21. The fraction of sp³-hybridized carbons (Fsp3) is 0.455. The lowest BCUT2D eigenvalue weighted by Crippen LogP contribution is -1.97. The van der Waals surface area contributed by atoms with E-state index in [0.29, 0.717) is 0 Å². The van der Waals surface area contributed by atoms with Crippen molar-refractivity contribution in [3.05, 3.63) is 28.7 Å². The molecule has 0 saturated carbocycles. The summed E-state index contributed by atoms with van der Waals surface area (Å²) in [5, 5.41) is 0. The van der Waals surface area contributed by atoms with E-state index in [9.17, 15) is 0 Å². The standard InChI is InChI=1S/C11H16BrNS/c12-10-6-2-3-7-11(10)14-9-5-1-4-8-13/h2-3,6-7H,1,4-5,8-9,13H2. The fourth-order valence-electron chi connectivity index (χ4n) is 1.17. The molecule has 78 valence electrons. The molecular formula is C11H16BrNS. The van der Waals surface area contributed by atoms with E-state index < -0.39 is 0 Å². The highest BCUT2D eigenvalue weighted by Gasteiger charge is 1.98. The maximum atomic E-state index is 5.43. The van der Waals surface area contributed by atoms with Crippen LogP contribution in [0.3, 0.4) is 0 Å². The molecule has 0 atom stereocenters. The third-order valence-corrected chi connectivity index (χ3v) is 4.06. The van der Waals surface area contributed by atoms with E-state index in [1.54, 1.807) is 0 Å². The molecule has 0 bridgehead atoms. The summed E-state index contributed by atoms with van der Waals surface area (Å²) in [6.45, 7) is 0.819. The molecule has 0 unspecified atom stereocenters. The zero-order valence-corrected chi connectivity index (χ0v) is 10.6. The van der Waals surface area contributed by atoms with Gasteiger partial charge in [0.05, 0.1) is 0 Å². The van der Waals surface area contributed by atoms with Crippen LogP contribution in [0.2, 0.25) is 0 Å². The average Bonchev–Trinajstić information content (AvgIpc) is 2.20. The summed E-state index contributed by atoms with van der Waals surface area (Å²) in [5.74, 6) is 1.18. The van der Waals surface area contributed by atoms with E-state index in [4.69, 9.17) is 5.73 Å². The minimum absolute atomic E-state index is 0.819. The van der Waals surface area contributed by atoms with Crippen molar-refractivity contribution < 1.29 is 0 Å². The fourth-order valence-corrected chi connectivity index (χ4v) is 2.74. The van der Waals surface area contributed by atoms with Gasteiger partial charge in [-0.25, -0.2) is 0 Å². The van der Waals surface area contributed by atoms with Crippen LogP contribution < -0.4 is 5.73 Å². The summed E-state index contributed by atoms with van der Waals surface area (Å²) in [6, 6.07) is 8.36. The quantitative estimate of drug-likeness (QED) is 0.632. The number of hydrogen-bond donors (Lipinski definition) is 1. The van der Waals surface area contributed by atoms with Crippen molar-refractivity contribution >= 4 is 27.7 Å². The first-order valence-corrected chi connectivity index (χ1v) is 6.70. The van der Waals surface area contributed by atoms with Crippen molar-refractivity contribution in [1.29, 1.82) is 0 Å². The number of halogens is 1. The number of hydrogen-bond acceptors (Lipinski definition) is 2. The predicted octanol–water partition coefficient (Wildman–Crippen LogP) is 3.67. The van der Waals surface area contributed by atoms with E-state index in [-0.39, 0.29) is 0 Å². The van der Waals surface area contributed by atoms with Gasteiger partial charge in [0.15, 0.2) is 0 Å². The van der Waals surface area contributed by atoms with E-state index in [2.05, 4.69) is 34.1 Å². The van der Waals surface area contributed by atoms with Crippen LogP contribution >= 0.6 is 27.7 Å². The van der Waals surface area contributed by atoms with Crippen LogP contribution in [-0.2, 0) is 0 Å². The highest BCUT2D eigenvalue weighted by atomic mass is 79.9. The second-order valence-corrected chi connectivity index (χ2v) is 5.12. The molecule has 2 N–H and O–H groups in total. The van der Waals surface area contributed by atoms with E-state index in [1.807, 2.05) is 17.8 Å². The van der Waals surface area contributed by atoms with Crippen LogP contribution in [0.5, 0.6) is 0 Å². The van der Waals surface area contributed by atoms with Crippen molar-refractivity contribution in [2.24, 2.45) is 5.73 Å². The molecule has 0 aliphatic carbocycles. The lowest BCUT2D eigenvalue weighted by atomic mass is 10.2. The van der Waals surface area contributed by atoms with E-state index >= 15 is 0 Å². The van der Waals surface area contributed by atoms with Crippen LogP contribution in [0, 0.1) is 0 Å². The molecule has 0 radical (unpaired) electrons. The van der Waals surface area contributed by atoms with Crippen molar-refractivity contribution in [3.8, 4) is 0 Å². The van der Waals surface area contributed by atoms with Crippen LogP contribution in [0.1, 0.15) is 19.3 Å². The molecule has 0 aliphatic heterocycles. The van der Waals surface area contributed by atoms with Crippen LogP contribution in [0.15, 0.2) is 33.6 Å². The van der Waals surface area contributed by atoms with Gasteiger partial charge in [0.2, 0.25) is 0 Å². The molecular weight excluding hydrogens is 258 g/mol. The van der Waals surface area contributed by atoms with Crippen LogP contribution in [0.4, 0.5) is 0 Å². The molecule has 3 heteroatoms. The SMILES string of the molecule is NCCCCCSc1ccccc1Br. The minimum Gasteiger partial charge on any atom is -0.330 e. The third kappa shape index (κ3) is 4.49. The molecule has 0 aliphatic rings. The zero-order chi connectivity index (χ0) is 10.2. The van der Waals surface area contributed by atoms with Gasteiger partial charge in [0.1, 0.15) is 0 Å². The van der Waals surface area contributed by atoms with Gasteiger partial charge in [0.25, 0.3) is 0 Å². The first-order chi connectivity index (χ1) is 6.84. The van der Waals surface area contributed by atoms with Crippen molar-refractivity contribution in [2.75, 3.05) is 12.3 Å². The Balaban J connectivity index is 2.21. The van der Waals surface area contributed by atoms with Crippen LogP contribution in [0.25, 0.3) is 0 Å². The smallest absolute Gasteiger partial charge is 0.0311 e. The lowest BCUT2D eigenvalue weighted by Gasteiger charge is -2.03. The summed E-state index contributed by atoms with van der Waals surface area (Å²) >= 11 is 5.45. The first kappa shape index (κ1) is 12.1. The van der Waals surface area contributed by atoms with Gasteiger partial charge >= 0.3 is 0 Å². The molecule has 0 aromatic heterocycles. The highest BCUT2D eigenvalue weighted by Crippen LogP contribution is 2.27. The van der Waals surface area contributed by atoms with Gasteiger partial charge in [-0.3, -0.25) is 0 Å². The number of benzene rings is 1. The van der Waals surface area contributed by atoms with Gasteiger partial charge < -0.3 is 5.73 Å². The summed E-state index contributed by atoms with van der Waals surface area (Å²) in [5.41, 5.74) is 5.43. The van der Waals surface area contributed by atoms with Crippen molar-refractivity contribution in [3.63, 3.8) is 0 Å². The molecule has 1 aromatic carbocycles. The molecule has 14 heavy (non-hydrogen) atoms. The number of nitrogens with two attached hydrogens (primary N) is 1. The highest BCUT2D eigenvalue weighted by molar-refractivity contribution is 9.10. The Kier molecular flexibility index (Phi) is 6.32. The molecule has 0 spiro atoms. The molecule has 1 rings (SSSR count). The van der Waals surface area contributed by atoms with E-state index in [1.165, 1.54) is 28.0 Å². The monoisotopic (exact) mass is 273 g/mol. The summed E-state index contributed by atoms with van der Waals surface area (Å²) < 4.78 is 1.20. The molecule has 0 amide bonds. The van der Waals surface area contributed by atoms with E-state index in [0.717, 1.165) is 13.0 Å². The minimum atomic E-state index is 0.819. The number of unbranched alkanes of at least 4 members (excludes halogenated alkanes) is 2. The van der Waals surface area contributed by atoms with Gasteiger partial charge in [0, 0.05) is 9.37 Å². The summed E-state index contributed by atoms with van der Waals surface area (Å²) in [7, 11) is 0. The largest absolute Gasteiger partial charge is 0.330 e. The molecule has 0 fully saturated rings. The van der Waals surface area contributed by atoms with Crippen molar-refractivity contribution in [1.82, 2.24) is 0 Å². The third-order valence-electron chi connectivity index (χ3n) is 1.94. The number of thioether (sulfide) groups is 1. The molecule has 1 nitrogen and oxygen atoms in total. The summed E-state index contributed by atoms with van der Waals surface area (Å²) in [4.78, 5) is 1.33. The van der Waals surface area contributed by atoms with Crippen LogP contribution in [-0.4, -0.2) is 12.3 Å². The predicted molar refractivity (Wildman–Crippen MR) is 67.8 cm³/mol. The first-order valence-electron chi connectivity index (χ1n) is 4.92. The molecule has 0 saturated heterocycles. The normalized spacial score (nSPS) is 10.4. The second kappa shape index (κ2) is 7.32. The lowest BCUT2D eigenvalue weighted by molar-refractivity contribution is 0.732. The van der Waals surface area contributed by atoms with Gasteiger partial charge in [-0.1, -0.05) is 18.6 Å². The molecule has 1 aromatic rings. The molecule has 0 heterocycles. The van der Waals surface area contributed by atoms with Gasteiger partial charge in [-0.05, 0) is 53.2 Å². The Morgan fingerprint density at radius 1 is 1.14 bits per heavy atom. The topological polar surface area (TPSA) is 26.0 Å². The Morgan fingerprint density at radius 3 is 2.64 bits per heavy atom. The Morgan fingerprint density at radius 2 is 1.93 bits per heavy atom. The maximum absolute atomic E-state index is 5.43. The average molecular weight is 274 g/mol. The number of rotatable bonds is 6. The Bertz CT molecular complexity index is 265. The van der Waals surface area contributed by atoms with Gasteiger partial charge in [-0.15, -0.1) is 11.8 Å². The van der Waals surface area contributed by atoms with Crippen molar-refractivity contribution in [2.45, 2.75) is 24.2 Å². The Labute approximate surface area is 98.6 Å². The summed E-state index contributed by atoms with van der Waals surface area (Å²) in [6.07, 6.45) is 3.65. The second-order valence-electron chi connectivity index (χ2n) is 3.13. The van der Waals surface area contributed by atoms with Gasteiger partial charge in [-0.2, -0.15) is 0 Å².